The zero-order valence-corrected chi connectivity index (χ0v) is 11.9. The van der Waals surface area contributed by atoms with Crippen molar-refractivity contribution in [2.75, 3.05) is 0 Å². The van der Waals surface area contributed by atoms with Crippen molar-refractivity contribution < 1.29 is 4.42 Å². The van der Waals surface area contributed by atoms with E-state index in [4.69, 9.17) is 4.42 Å². The van der Waals surface area contributed by atoms with E-state index < -0.39 is 0 Å². The Labute approximate surface area is 120 Å². The van der Waals surface area contributed by atoms with E-state index in [1.54, 1.807) is 0 Å². The van der Waals surface area contributed by atoms with Gasteiger partial charge in [0.1, 0.15) is 11.3 Å². The fraction of sp³-hybridized carbons (Fsp3) is 0.0588. The molecule has 0 aliphatic rings. The summed E-state index contributed by atoms with van der Waals surface area (Å²) < 4.78 is 5.74. The number of para-hydroxylation sites is 1. The highest BCUT2D eigenvalue weighted by atomic mass is 79.9. The number of furan rings is 1. The summed E-state index contributed by atoms with van der Waals surface area (Å²) in [6.07, 6.45) is 4.07. The van der Waals surface area contributed by atoms with Crippen molar-refractivity contribution in [2.45, 2.75) is 5.33 Å². The summed E-state index contributed by atoms with van der Waals surface area (Å²) in [6, 6.07) is 18.5. The van der Waals surface area contributed by atoms with Crippen molar-refractivity contribution in [3.05, 3.63) is 71.5 Å². The number of fused-ring (bicyclic) bond motifs is 1. The van der Waals surface area contributed by atoms with E-state index in [2.05, 4.69) is 58.4 Å². The van der Waals surface area contributed by atoms with Gasteiger partial charge in [-0.2, -0.15) is 0 Å². The van der Waals surface area contributed by atoms with Crippen LogP contribution in [-0.4, -0.2) is 0 Å². The SMILES string of the molecule is BrCc1ccc(/C=C/c2cc3ccccc3o2)cc1. The molecule has 2 aromatic carbocycles. The Morgan fingerprint density at radius 3 is 2.47 bits per heavy atom. The molecule has 1 aromatic heterocycles. The predicted octanol–water partition coefficient (Wildman–Crippen LogP) is 5.50. The standard InChI is InChI=1S/C17H13BrO/c18-12-14-7-5-13(6-8-14)9-10-16-11-15-3-1-2-4-17(15)19-16/h1-11H,12H2/b10-9+. The fourth-order valence-corrected chi connectivity index (χ4v) is 2.35. The molecule has 0 saturated carbocycles. The van der Waals surface area contributed by atoms with Crippen molar-refractivity contribution >= 4 is 39.1 Å². The molecule has 1 heterocycles. The number of halogens is 1. The van der Waals surface area contributed by atoms with Gasteiger partial charge in [-0.15, -0.1) is 0 Å². The Hall–Kier alpha value is -1.80. The lowest BCUT2D eigenvalue weighted by atomic mass is 10.1. The maximum absolute atomic E-state index is 5.74. The molecule has 94 valence electrons. The summed E-state index contributed by atoms with van der Waals surface area (Å²) in [6.45, 7) is 0. The molecule has 19 heavy (non-hydrogen) atoms. The van der Waals surface area contributed by atoms with Crippen LogP contribution in [0.1, 0.15) is 16.9 Å². The van der Waals surface area contributed by atoms with Crippen LogP contribution in [0.5, 0.6) is 0 Å². The fourth-order valence-electron chi connectivity index (χ4n) is 1.98. The number of alkyl halides is 1. The van der Waals surface area contributed by atoms with Crippen LogP contribution in [0.2, 0.25) is 0 Å². The summed E-state index contributed by atoms with van der Waals surface area (Å²) in [7, 11) is 0. The zero-order chi connectivity index (χ0) is 13.1. The summed E-state index contributed by atoms with van der Waals surface area (Å²) >= 11 is 3.44. The van der Waals surface area contributed by atoms with Gasteiger partial charge in [0.2, 0.25) is 0 Å². The number of benzene rings is 2. The van der Waals surface area contributed by atoms with Crippen molar-refractivity contribution in [1.82, 2.24) is 0 Å². The van der Waals surface area contributed by atoms with Crippen LogP contribution >= 0.6 is 15.9 Å². The van der Waals surface area contributed by atoms with Crippen LogP contribution in [-0.2, 0) is 5.33 Å². The maximum atomic E-state index is 5.74. The first-order chi connectivity index (χ1) is 9.35. The predicted molar refractivity (Wildman–Crippen MR) is 84.2 cm³/mol. The van der Waals surface area contributed by atoms with E-state index in [-0.39, 0.29) is 0 Å². The lowest BCUT2D eigenvalue weighted by Crippen LogP contribution is -1.76. The third-order valence-corrected chi connectivity index (χ3v) is 3.67. The Morgan fingerprint density at radius 2 is 1.74 bits per heavy atom. The van der Waals surface area contributed by atoms with Gasteiger partial charge in [-0.05, 0) is 29.3 Å². The molecule has 0 aliphatic heterocycles. The zero-order valence-electron chi connectivity index (χ0n) is 10.3. The van der Waals surface area contributed by atoms with Gasteiger partial charge in [0, 0.05) is 10.7 Å². The quantitative estimate of drug-likeness (QED) is 0.582. The molecule has 0 unspecified atom stereocenters. The van der Waals surface area contributed by atoms with Crippen molar-refractivity contribution in [1.29, 1.82) is 0 Å². The Kier molecular flexibility index (Phi) is 3.51. The van der Waals surface area contributed by atoms with E-state index in [9.17, 15) is 0 Å². The molecule has 1 nitrogen and oxygen atoms in total. The van der Waals surface area contributed by atoms with E-state index in [1.807, 2.05) is 24.3 Å². The molecule has 0 spiro atoms. The van der Waals surface area contributed by atoms with Gasteiger partial charge < -0.3 is 4.42 Å². The monoisotopic (exact) mass is 312 g/mol. The third kappa shape index (κ3) is 2.79. The van der Waals surface area contributed by atoms with Crippen molar-refractivity contribution in [2.24, 2.45) is 0 Å². The summed E-state index contributed by atoms with van der Waals surface area (Å²) in [5.74, 6) is 0.880. The first kappa shape index (κ1) is 12.2. The molecule has 2 heteroatoms. The number of hydrogen-bond donors (Lipinski definition) is 0. The Balaban J connectivity index is 1.84. The lowest BCUT2D eigenvalue weighted by molar-refractivity contribution is 0.604. The Morgan fingerprint density at radius 1 is 0.947 bits per heavy atom. The van der Waals surface area contributed by atoms with Gasteiger partial charge >= 0.3 is 0 Å². The summed E-state index contributed by atoms with van der Waals surface area (Å²) in [5.41, 5.74) is 3.38. The van der Waals surface area contributed by atoms with Gasteiger partial charge in [0.05, 0.1) is 0 Å². The first-order valence-electron chi connectivity index (χ1n) is 6.17. The van der Waals surface area contributed by atoms with Crippen LogP contribution in [0.4, 0.5) is 0 Å². The van der Waals surface area contributed by atoms with Crippen molar-refractivity contribution in [3.8, 4) is 0 Å². The van der Waals surface area contributed by atoms with Gasteiger partial charge in [-0.1, -0.05) is 64.5 Å². The molecule has 0 aliphatic carbocycles. The topological polar surface area (TPSA) is 13.1 Å². The maximum Gasteiger partial charge on any atom is 0.134 e. The third-order valence-electron chi connectivity index (χ3n) is 3.02. The lowest BCUT2D eigenvalue weighted by Gasteiger charge is -1.96. The molecule has 0 N–H and O–H groups in total. The smallest absolute Gasteiger partial charge is 0.134 e. The molecule has 0 fully saturated rings. The minimum absolute atomic E-state index is 0.880. The van der Waals surface area contributed by atoms with Crippen LogP contribution in [0, 0.1) is 0 Å². The second-order valence-corrected chi connectivity index (χ2v) is 4.96. The highest BCUT2D eigenvalue weighted by molar-refractivity contribution is 9.08. The minimum atomic E-state index is 0.880. The van der Waals surface area contributed by atoms with E-state index in [0.29, 0.717) is 0 Å². The van der Waals surface area contributed by atoms with Crippen LogP contribution < -0.4 is 0 Å². The molecular weight excluding hydrogens is 300 g/mol. The second-order valence-electron chi connectivity index (χ2n) is 4.40. The van der Waals surface area contributed by atoms with Crippen LogP contribution in [0.25, 0.3) is 23.1 Å². The second kappa shape index (κ2) is 5.45. The number of hydrogen-bond acceptors (Lipinski definition) is 1. The minimum Gasteiger partial charge on any atom is -0.457 e. The first-order valence-corrected chi connectivity index (χ1v) is 7.29. The summed E-state index contributed by atoms with van der Waals surface area (Å²) in [4.78, 5) is 0. The Bertz CT molecular complexity index is 674. The van der Waals surface area contributed by atoms with Gasteiger partial charge in [-0.25, -0.2) is 0 Å². The number of rotatable bonds is 3. The molecule has 0 radical (unpaired) electrons. The largest absolute Gasteiger partial charge is 0.457 e. The molecular formula is C17H13BrO. The van der Waals surface area contributed by atoms with E-state index >= 15 is 0 Å². The normalized spacial score (nSPS) is 11.4. The van der Waals surface area contributed by atoms with Crippen molar-refractivity contribution in [3.63, 3.8) is 0 Å². The van der Waals surface area contributed by atoms with Gasteiger partial charge in [0.25, 0.3) is 0 Å². The molecule has 3 rings (SSSR count). The van der Waals surface area contributed by atoms with E-state index in [1.165, 1.54) is 11.1 Å². The average Bonchev–Trinajstić information content (AvgIpc) is 2.88. The van der Waals surface area contributed by atoms with Crippen LogP contribution in [0.15, 0.2) is 59.0 Å². The highest BCUT2D eigenvalue weighted by Crippen LogP contribution is 2.20. The average molecular weight is 313 g/mol. The molecule has 3 aromatic rings. The molecule has 0 amide bonds. The molecule has 0 atom stereocenters. The highest BCUT2D eigenvalue weighted by Gasteiger charge is 1.99. The summed E-state index contributed by atoms with van der Waals surface area (Å²) in [5, 5.41) is 2.03. The molecule has 0 bridgehead atoms. The van der Waals surface area contributed by atoms with E-state index in [0.717, 1.165) is 22.1 Å². The van der Waals surface area contributed by atoms with Gasteiger partial charge in [-0.3, -0.25) is 0 Å². The van der Waals surface area contributed by atoms with Crippen LogP contribution in [0.3, 0.4) is 0 Å². The molecule has 0 saturated heterocycles. The van der Waals surface area contributed by atoms with Gasteiger partial charge in [0.15, 0.2) is 0 Å².